The number of hydrogen-bond donors (Lipinski definition) is 3. The topological polar surface area (TPSA) is 113 Å². The molecular weight excluding hydrogens is 447 g/mol. The lowest BCUT2D eigenvalue weighted by Crippen LogP contribution is -2.34. The number of benzene rings is 2. The van der Waals surface area contributed by atoms with Crippen LogP contribution in [0.4, 0.5) is 15.9 Å². The molecule has 5 aromatic rings. The largest absolute Gasteiger partial charge is 0.358 e. The molecule has 11 heteroatoms. The molecule has 1 atom stereocenters. The Balaban J connectivity index is 1.66. The van der Waals surface area contributed by atoms with Crippen molar-refractivity contribution in [2.24, 2.45) is 0 Å². The number of H-pyrrole nitrogens is 1. The first kappa shape index (κ1) is 20.8. The molecule has 5 rings (SSSR count). The minimum absolute atomic E-state index is 0.282. The van der Waals surface area contributed by atoms with Gasteiger partial charge in [0, 0.05) is 0 Å². The maximum atomic E-state index is 13.5. The Labute approximate surface area is 191 Å². The van der Waals surface area contributed by atoms with Crippen LogP contribution in [-0.2, 0) is 0 Å². The standard InChI is InChI=1S/C22H18ClFN8O/c1-2-15(29-20-18-19(26-10-25-18)27-11-28-20)21-30-16-5-3-4-14(23)17(16)22(33)32(21)31-13-8-6-12(24)7-9-13/h3-11,15,31H,2H2,1H3,(H2,25,26,27,28,29)/t15-/m0/s1. The third kappa shape index (κ3) is 3.85. The minimum atomic E-state index is -0.427. The fourth-order valence-corrected chi connectivity index (χ4v) is 3.84. The van der Waals surface area contributed by atoms with Gasteiger partial charge in [-0.1, -0.05) is 24.6 Å². The van der Waals surface area contributed by atoms with Crippen LogP contribution < -0.4 is 16.3 Å². The molecule has 3 N–H and O–H groups in total. The number of nitrogens with zero attached hydrogens (tertiary/aromatic N) is 5. The maximum Gasteiger partial charge on any atom is 0.281 e. The zero-order chi connectivity index (χ0) is 22.9. The van der Waals surface area contributed by atoms with Crippen LogP contribution in [0.1, 0.15) is 25.2 Å². The quantitative estimate of drug-likeness (QED) is 0.343. The van der Waals surface area contributed by atoms with Crippen LogP contribution in [0.25, 0.3) is 22.1 Å². The molecule has 33 heavy (non-hydrogen) atoms. The first-order chi connectivity index (χ1) is 16.0. The fourth-order valence-electron chi connectivity index (χ4n) is 3.59. The van der Waals surface area contributed by atoms with Crippen molar-refractivity contribution in [1.29, 1.82) is 0 Å². The molecule has 0 aliphatic rings. The second-order valence-electron chi connectivity index (χ2n) is 7.29. The number of imidazole rings is 1. The van der Waals surface area contributed by atoms with E-state index in [1.165, 1.54) is 41.6 Å². The molecule has 166 valence electrons. The van der Waals surface area contributed by atoms with Crippen molar-refractivity contribution in [3.63, 3.8) is 0 Å². The average Bonchev–Trinajstić information content (AvgIpc) is 3.30. The summed E-state index contributed by atoms with van der Waals surface area (Å²) in [4.78, 5) is 34.0. The van der Waals surface area contributed by atoms with Gasteiger partial charge in [0.1, 0.15) is 17.7 Å². The van der Waals surface area contributed by atoms with Crippen LogP contribution in [0.5, 0.6) is 0 Å². The summed E-state index contributed by atoms with van der Waals surface area (Å²) in [5.41, 5.74) is 4.80. The number of aromatic amines is 1. The molecular formula is C22H18ClFN8O. The minimum Gasteiger partial charge on any atom is -0.358 e. The van der Waals surface area contributed by atoms with E-state index in [-0.39, 0.29) is 16.8 Å². The SMILES string of the molecule is CC[C@H](Nc1ncnc2[nH]cnc12)c1nc2cccc(Cl)c2c(=O)n1Nc1ccc(F)cc1. The molecule has 0 spiro atoms. The highest BCUT2D eigenvalue weighted by Gasteiger charge is 2.22. The van der Waals surface area contributed by atoms with E-state index >= 15 is 0 Å². The highest BCUT2D eigenvalue weighted by atomic mass is 35.5. The van der Waals surface area contributed by atoms with Gasteiger partial charge in [-0.05, 0) is 42.8 Å². The Morgan fingerprint density at radius 1 is 1.15 bits per heavy atom. The van der Waals surface area contributed by atoms with Gasteiger partial charge in [0.25, 0.3) is 5.56 Å². The Hall–Kier alpha value is -4.05. The summed E-state index contributed by atoms with van der Waals surface area (Å²) in [5, 5.41) is 3.90. The summed E-state index contributed by atoms with van der Waals surface area (Å²) in [5.74, 6) is 0.526. The van der Waals surface area contributed by atoms with E-state index in [1.807, 2.05) is 6.92 Å². The number of fused-ring (bicyclic) bond motifs is 2. The summed E-state index contributed by atoms with van der Waals surface area (Å²) >= 11 is 6.33. The molecule has 0 saturated carbocycles. The Kier molecular flexibility index (Phi) is 5.35. The molecule has 2 aromatic carbocycles. The Morgan fingerprint density at radius 2 is 1.97 bits per heavy atom. The summed E-state index contributed by atoms with van der Waals surface area (Å²) in [6.45, 7) is 1.96. The van der Waals surface area contributed by atoms with Gasteiger partial charge in [-0.2, -0.15) is 0 Å². The van der Waals surface area contributed by atoms with E-state index in [0.29, 0.717) is 45.5 Å². The fraction of sp³-hybridized carbons (Fsp3) is 0.136. The van der Waals surface area contributed by atoms with Crippen LogP contribution in [0.3, 0.4) is 0 Å². The molecule has 0 fully saturated rings. The summed E-state index contributed by atoms with van der Waals surface area (Å²) in [6.07, 6.45) is 3.53. The van der Waals surface area contributed by atoms with Crippen molar-refractivity contribution >= 4 is 45.2 Å². The van der Waals surface area contributed by atoms with Gasteiger partial charge in [0.15, 0.2) is 17.3 Å². The van der Waals surface area contributed by atoms with Crippen molar-refractivity contribution in [2.75, 3.05) is 10.7 Å². The Bertz CT molecular complexity index is 1520. The van der Waals surface area contributed by atoms with E-state index in [4.69, 9.17) is 16.6 Å². The van der Waals surface area contributed by atoms with E-state index in [0.717, 1.165) is 0 Å². The monoisotopic (exact) mass is 464 g/mol. The number of aromatic nitrogens is 6. The van der Waals surface area contributed by atoms with Crippen molar-refractivity contribution in [3.05, 3.63) is 82.1 Å². The summed E-state index contributed by atoms with van der Waals surface area (Å²) in [7, 11) is 0. The first-order valence-electron chi connectivity index (χ1n) is 10.2. The zero-order valence-electron chi connectivity index (χ0n) is 17.4. The van der Waals surface area contributed by atoms with Crippen LogP contribution in [0.15, 0.2) is 59.9 Å². The van der Waals surface area contributed by atoms with Gasteiger partial charge in [-0.15, -0.1) is 0 Å². The van der Waals surface area contributed by atoms with Crippen LogP contribution in [0.2, 0.25) is 5.02 Å². The number of nitrogens with one attached hydrogen (secondary N) is 3. The third-order valence-electron chi connectivity index (χ3n) is 5.21. The molecule has 3 heterocycles. The van der Waals surface area contributed by atoms with E-state index in [9.17, 15) is 9.18 Å². The molecule has 0 unspecified atom stereocenters. The lowest BCUT2D eigenvalue weighted by Gasteiger charge is -2.23. The van der Waals surface area contributed by atoms with Crippen LogP contribution in [0, 0.1) is 5.82 Å². The molecule has 3 aromatic heterocycles. The second kappa shape index (κ2) is 8.47. The van der Waals surface area contributed by atoms with Crippen molar-refractivity contribution in [2.45, 2.75) is 19.4 Å². The predicted molar refractivity (Wildman–Crippen MR) is 125 cm³/mol. The lowest BCUT2D eigenvalue weighted by molar-refractivity contribution is 0.626. The average molecular weight is 465 g/mol. The van der Waals surface area contributed by atoms with Crippen molar-refractivity contribution in [1.82, 2.24) is 29.6 Å². The van der Waals surface area contributed by atoms with E-state index in [1.54, 1.807) is 18.2 Å². The number of hydrogen-bond acceptors (Lipinski definition) is 7. The second-order valence-corrected chi connectivity index (χ2v) is 7.70. The molecule has 0 aliphatic heterocycles. The predicted octanol–water partition coefficient (Wildman–Crippen LogP) is 4.29. The molecule has 0 amide bonds. The van der Waals surface area contributed by atoms with Gasteiger partial charge in [0.05, 0.1) is 34.0 Å². The molecule has 0 radical (unpaired) electrons. The van der Waals surface area contributed by atoms with Crippen molar-refractivity contribution < 1.29 is 4.39 Å². The summed E-state index contributed by atoms with van der Waals surface area (Å²) < 4.78 is 14.7. The smallest absolute Gasteiger partial charge is 0.281 e. The van der Waals surface area contributed by atoms with Crippen LogP contribution in [-0.4, -0.2) is 29.6 Å². The molecule has 0 aliphatic carbocycles. The highest BCUT2D eigenvalue weighted by molar-refractivity contribution is 6.35. The number of rotatable bonds is 6. The van der Waals surface area contributed by atoms with E-state index < -0.39 is 6.04 Å². The normalized spacial score (nSPS) is 12.2. The van der Waals surface area contributed by atoms with Gasteiger partial charge >= 0.3 is 0 Å². The van der Waals surface area contributed by atoms with Crippen molar-refractivity contribution in [3.8, 4) is 0 Å². The van der Waals surface area contributed by atoms with Gasteiger partial charge in [-0.3, -0.25) is 10.2 Å². The molecule has 9 nitrogen and oxygen atoms in total. The first-order valence-corrected chi connectivity index (χ1v) is 10.6. The van der Waals surface area contributed by atoms with Gasteiger partial charge in [0.2, 0.25) is 0 Å². The zero-order valence-corrected chi connectivity index (χ0v) is 18.1. The highest BCUT2D eigenvalue weighted by Crippen LogP contribution is 2.26. The van der Waals surface area contributed by atoms with Gasteiger partial charge in [-0.25, -0.2) is 29.0 Å². The lowest BCUT2D eigenvalue weighted by atomic mass is 10.1. The summed E-state index contributed by atoms with van der Waals surface area (Å²) in [6, 6.07) is 10.4. The number of anilines is 2. The Morgan fingerprint density at radius 3 is 2.76 bits per heavy atom. The van der Waals surface area contributed by atoms with Gasteiger partial charge < -0.3 is 10.3 Å². The molecule has 0 bridgehead atoms. The number of halogens is 2. The maximum absolute atomic E-state index is 13.5. The molecule has 0 saturated heterocycles. The van der Waals surface area contributed by atoms with E-state index in [2.05, 4.69) is 30.7 Å². The van der Waals surface area contributed by atoms with Crippen LogP contribution >= 0.6 is 11.6 Å². The third-order valence-corrected chi connectivity index (χ3v) is 5.52.